The van der Waals surface area contributed by atoms with E-state index in [2.05, 4.69) is 36.3 Å². The van der Waals surface area contributed by atoms with Crippen molar-refractivity contribution in [3.8, 4) is 0 Å². The number of hydrogen-bond donors (Lipinski definition) is 0. The second-order valence-electron chi connectivity index (χ2n) is 3.38. The molecule has 2 rings (SSSR count). The third kappa shape index (κ3) is 2.02. The number of nitrogens with zero attached hydrogens (tertiary/aromatic N) is 2. The maximum Gasteiger partial charge on any atom is 0.0659 e. The smallest absolute Gasteiger partial charge is 0.0659 e. The summed E-state index contributed by atoms with van der Waals surface area (Å²) < 4.78 is 1.94. The van der Waals surface area contributed by atoms with Gasteiger partial charge in [-0.2, -0.15) is 5.10 Å². The van der Waals surface area contributed by atoms with Gasteiger partial charge in [0.1, 0.15) is 0 Å². The molecular weight excluding hydrogens is 172 g/mol. The number of aromatic nitrogens is 2. The van der Waals surface area contributed by atoms with Crippen molar-refractivity contribution in [3.05, 3.63) is 53.9 Å². The van der Waals surface area contributed by atoms with Crippen molar-refractivity contribution in [3.63, 3.8) is 0 Å². The molecule has 1 aromatic heterocycles. The summed E-state index contributed by atoms with van der Waals surface area (Å²) in [5.41, 5.74) is 2.70. The fourth-order valence-corrected chi connectivity index (χ4v) is 1.53. The van der Waals surface area contributed by atoms with Crippen molar-refractivity contribution in [2.75, 3.05) is 0 Å². The zero-order chi connectivity index (χ0) is 9.80. The monoisotopic (exact) mass is 186 g/mol. The van der Waals surface area contributed by atoms with Crippen LogP contribution in [-0.2, 0) is 13.0 Å². The molecule has 0 spiro atoms. The van der Waals surface area contributed by atoms with Gasteiger partial charge in [0, 0.05) is 12.4 Å². The molecule has 0 aliphatic rings. The van der Waals surface area contributed by atoms with Crippen LogP contribution in [0.1, 0.15) is 18.1 Å². The third-order valence-corrected chi connectivity index (χ3v) is 2.30. The van der Waals surface area contributed by atoms with E-state index in [9.17, 15) is 0 Å². The van der Waals surface area contributed by atoms with Gasteiger partial charge in [0.25, 0.3) is 0 Å². The zero-order valence-electron chi connectivity index (χ0n) is 8.35. The molecule has 1 aromatic carbocycles. The minimum atomic E-state index is 0.862. The molecule has 0 fully saturated rings. The van der Waals surface area contributed by atoms with Crippen LogP contribution in [0.2, 0.25) is 0 Å². The highest BCUT2D eigenvalue weighted by atomic mass is 15.3. The standard InChI is InChI=1S/C12H14N2/c1-2-11-5-3-6-12(9-11)10-14-8-4-7-13-14/h3-9H,2,10H2,1H3. The second-order valence-corrected chi connectivity index (χ2v) is 3.38. The molecule has 0 saturated heterocycles. The normalized spacial score (nSPS) is 10.4. The first-order valence-corrected chi connectivity index (χ1v) is 4.93. The van der Waals surface area contributed by atoms with E-state index in [0.717, 1.165) is 13.0 Å². The van der Waals surface area contributed by atoms with Gasteiger partial charge in [-0.15, -0.1) is 0 Å². The number of aryl methyl sites for hydroxylation is 1. The Balaban J connectivity index is 2.17. The summed E-state index contributed by atoms with van der Waals surface area (Å²) in [5, 5.41) is 4.18. The zero-order valence-corrected chi connectivity index (χ0v) is 8.35. The van der Waals surface area contributed by atoms with Gasteiger partial charge in [-0.3, -0.25) is 4.68 Å². The van der Waals surface area contributed by atoms with E-state index < -0.39 is 0 Å². The SMILES string of the molecule is CCc1cccc(Cn2cccn2)c1. The number of rotatable bonds is 3. The molecule has 2 aromatic rings. The van der Waals surface area contributed by atoms with E-state index in [-0.39, 0.29) is 0 Å². The molecule has 1 heterocycles. The van der Waals surface area contributed by atoms with Crippen LogP contribution < -0.4 is 0 Å². The first-order chi connectivity index (χ1) is 6.88. The quantitative estimate of drug-likeness (QED) is 0.720. The first-order valence-electron chi connectivity index (χ1n) is 4.93. The summed E-state index contributed by atoms with van der Waals surface area (Å²) in [7, 11) is 0. The lowest BCUT2D eigenvalue weighted by Gasteiger charge is -2.03. The van der Waals surface area contributed by atoms with Crippen LogP contribution in [0.4, 0.5) is 0 Å². The Hall–Kier alpha value is -1.57. The van der Waals surface area contributed by atoms with Crippen LogP contribution in [0.5, 0.6) is 0 Å². The van der Waals surface area contributed by atoms with Gasteiger partial charge in [-0.1, -0.05) is 31.2 Å². The molecule has 2 heteroatoms. The highest BCUT2D eigenvalue weighted by Crippen LogP contribution is 2.07. The Morgan fingerprint density at radius 1 is 1.21 bits per heavy atom. The summed E-state index contributed by atoms with van der Waals surface area (Å²) in [6.45, 7) is 3.04. The maximum absolute atomic E-state index is 4.18. The van der Waals surface area contributed by atoms with Gasteiger partial charge < -0.3 is 0 Å². The van der Waals surface area contributed by atoms with E-state index in [1.807, 2.05) is 23.1 Å². The fourth-order valence-electron chi connectivity index (χ4n) is 1.53. The van der Waals surface area contributed by atoms with Gasteiger partial charge in [-0.25, -0.2) is 0 Å². The number of benzene rings is 1. The van der Waals surface area contributed by atoms with Crippen LogP contribution in [0.15, 0.2) is 42.7 Å². The molecule has 14 heavy (non-hydrogen) atoms. The molecule has 0 aliphatic heterocycles. The fraction of sp³-hybridized carbons (Fsp3) is 0.250. The van der Waals surface area contributed by atoms with E-state index in [1.54, 1.807) is 0 Å². The second kappa shape index (κ2) is 4.09. The molecule has 0 unspecified atom stereocenters. The van der Waals surface area contributed by atoms with Crippen molar-refractivity contribution in [1.82, 2.24) is 9.78 Å². The third-order valence-electron chi connectivity index (χ3n) is 2.30. The van der Waals surface area contributed by atoms with Crippen molar-refractivity contribution in [1.29, 1.82) is 0 Å². The Labute approximate surface area is 84.2 Å². The Morgan fingerprint density at radius 2 is 2.07 bits per heavy atom. The summed E-state index contributed by atoms with van der Waals surface area (Å²) in [6.07, 6.45) is 4.88. The van der Waals surface area contributed by atoms with E-state index in [1.165, 1.54) is 11.1 Å². The lowest BCUT2D eigenvalue weighted by molar-refractivity contribution is 0.686. The average Bonchev–Trinajstić information content (AvgIpc) is 2.71. The van der Waals surface area contributed by atoms with Crippen molar-refractivity contribution in [2.45, 2.75) is 19.9 Å². The lowest BCUT2D eigenvalue weighted by atomic mass is 10.1. The van der Waals surface area contributed by atoms with E-state index in [4.69, 9.17) is 0 Å². The van der Waals surface area contributed by atoms with Gasteiger partial charge in [0.05, 0.1) is 6.54 Å². The summed E-state index contributed by atoms with van der Waals surface area (Å²) in [6, 6.07) is 10.6. The predicted molar refractivity (Wildman–Crippen MR) is 57.1 cm³/mol. The molecule has 0 atom stereocenters. The van der Waals surface area contributed by atoms with Crippen LogP contribution in [0.25, 0.3) is 0 Å². The van der Waals surface area contributed by atoms with Crippen LogP contribution in [-0.4, -0.2) is 9.78 Å². The van der Waals surface area contributed by atoms with Crippen molar-refractivity contribution >= 4 is 0 Å². The van der Waals surface area contributed by atoms with Crippen LogP contribution >= 0.6 is 0 Å². The minimum Gasteiger partial charge on any atom is -0.268 e. The summed E-state index contributed by atoms with van der Waals surface area (Å²) >= 11 is 0. The minimum absolute atomic E-state index is 0.862. The Kier molecular flexibility index (Phi) is 2.63. The maximum atomic E-state index is 4.18. The Morgan fingerprint density at radius 3 is 2.79 bits per heavy atom. The van der Waals surface area contributed by atoms with Gasteiger partial charge in [0.15, 0.2) is 0 Å². The number of hydrogen-bond acceptors (Lipinski definition) is 1. The molecule has 0 N–H and O–H groups in total. The van der Waals surface area contributed by atoms with E-state index in [0.29, 0.717) is 0 Å². The first kappa shape index (κ1) is 9.00. The molecule has 0 saturated carbocycles. The van der Waals surface area contributed by atoms with Crippen LogP contribution in [0, 0.1) is 0 Å². The lowest BCUT2D eigenvalue weighted by Crippen LogP contribution is -2.00. The molecule has 72 valence electrons. The van der Waals surface area contributed by atoms with E-state index >= 15 is 0 Å². The topological polar surface area (TPSA) is 17.8 Å². The van der Waals surface area contributed by atoms with Gasteiger partial charge in [-0.05, 0) is 23.6 Å². The van der Waals surface area contributed by atoms with Crippen LogP contribution in [0.3, 0.4) is 0 Å². The molecule has 0 aliphatic carbocycles. The predicted octanol–water partition coefficient (Wildman–Crippen LogP) is 2.49. The Bertz CT molecular complexity index is 390. The average molecular weight is 186 g/mol. The molecule has 0 bridgehead atoms. The molecule has 2 nitrogen and oxygen atoms in total. The van der Waals surface area contributed by atoms with Gasteiger partial charge in [0.2, 0.25) is 0 Å². The van der Waals surface area contributed by atoms with Crippen molar-refractivity contribution < 1.29 is 0 Å². The summed E-state index contributed by atoms with van der Waals surface area (Å²) in [5.74, 6) is 0. The molecular formula is C12H14N2. The van der Waals surface area contributed by atoms with Gasteiger partial charge >= 0.3 is 0 Å². The highest BCUT2D eigenvalue weighted by Gasteiger charge is 1.95. The highest BCUT2D eigenvalue weighted by molar-refractivity contribution is 5.23. The molecule has 0 radical (unpaired) electrons. The molecule has 0 amide bonds. The van der Waals surface area contributed by atoms with Crippen molar-refractivity contribution in [2.24, 2.45) is 0 Å². The largest absolute Gasteiger partial charge is 0.268 e. The summed E-state index contributed by atoms with van der Waals surface area (Å²) in [4.78, 5) is 0.